The minimum absolute atomic E-state index is 0.0120. The molecular formula is C16H20N2O2S. The Hall–Kier alpha value is -1.88. The molecule has 21 heavy (non-hydrogen) atoms. The SMILES string of the molecule is CCOc1ccc(-c2nc(NC(=O)C(C)C)sc2C)cc1. The molecule has 5 heteroatoms. The van der Waals surface area contributed by atoms with E-state index in [2.05, 4.69) is 10.3 Å². The van der Waals surface area contributed by atoms with Crippen molar-refractivity contribution in [3.8, 4) is 17.0 Å². The third-order valence-corrected chi connectivity index (χ3v) is 3.88. The van der Waals surface area contributed by atoms with E-state index in [0.717, 1.165) is 21.9 Å². The monoisotopic (exact) mass is 304 g/mol. The lowest BCUT2D eigenvalue weighted by Gasteiger charge is -2.04. The van der Waals surface area contributed by atoms with Gasteiger partial charge in [0.25, 0.3) is 0 Å². The number of nitrogens with one attached hydrogen (secondary N) is 1. The molecular weight excluding hydrogens is 284 g/mol. The van der Waals surface area contributed by atoms with Crippen molar-refractivity contribution >= 4 is 22.4 Å². The predicted molar refractivity (Wildman–Crippen MR) is 86.9 cm³/mol. The third-order valence-electron chi connectivity index (χ3n) is 2.99. The van der Waals surface area contributed by atoms with Crippen LogP contribution < -0.4 is 10.1 Å². The number of carbonyl (C=O) groups is 1. The molecule has 0 atom stereocenters. The number of nitrogens with zero attached hydrogens (tertiary/aromatic N) is 1. The molecule has 4 nitrogen and oxygen atoms in total. The summed E-state index contributed by atoms with van der Waals surface area (Å²) in [5, 5.41) is 3.50. The van der Waals surface area contributed by atoms with E-state index in [0.29, 0.717) is 11.7 Å². The third kappa shape index (κ3) is 3.82. The maximum absolute atomic E-state index is 11.7. The summed E-state index contributed by atoms with van der Waals surface area (Å²) < 4.78 is 5.44. The van der Waals surface area contributed by atoms with Gasteiger partial charge in [-0.3, -0.25) is 4.79 Å². The number of hydrogen-bond donors (Lipinski definition) is 1. The van der Waals surface area contributed by atoms with Crippen molar-refractivity contribution in [2.45, 2.75) is 27.7 Å². The van der Waals surface area contributed by atoms with Gasteiger partial charge in [0.1, 0.15) is 5.75 Å². The molecule has 1 amide bonds. The van der Waals surface area contributed by atoms with Crippen LogP contribution in [0, 0.1) is 12.8 Å². The maximum atomic E-state index is 11.7. The molecule has 0 spiro atoms. The second kappa shape index (κ2) is 6.72. The second-order valence-electron chi connectivity index (χ2n) is 5.03. The van der Waals surface area contributed by atoms with Crippen LogP contribution in [0.3, 0.4) is 0 Å². The topological polar surface area (TPSA) is 51.2 Å². The number of hydrogen-bond acceptors (Lipinski definition) is 4. The van der Waals surface area contributed by atoms with Gasteiger partial charge in [-0.1, -0.05) is 13.8 Å². The normalized spacial score (nSPS) is 10.7. The van der Waals surface area contributed by atoms with Gasteiger partial charge in [-0.15, -0.1) is 11.3 Å². The Morgan fingerprint density at radius 1 is 1.33 bits per heavy atom. The summed E-state index contributed by atoms with van der Waals surface area (Å²) in [7, 11) is 0. The Kier molecular flexibility index (Phi) is 4.96. The van der Waals surface area contributed by atoms with Crippen molar-refractivity contribution < 1.29 is 9.53 Å². The van der Waals surface area contributed by atoms with E-state index in [1.165, 1.54) is 11.3 Å². The Labute approximate surface area is 129 Å². The highest BCUT2D eigenvalue weighted by Gasteiger charge is 2.13. The summed E-state index contributed by atoms with van der Waals surface area (Å²) in [5.41, 5.74) is 1.93. The summed E-state index contributed by atoms with van der Waals surface area (Å²) in [4.78, 5) is 17.3. The molecule has 2 aromatic rings. The van der Waals surface area contributed by atoms with Gasteiger partial charge >= 0.3 is 0 Å². The summed E-state index contributed by atoms with van der Waals surface area (Å²) >= 11 is 1.50. The zero-order valence-electron chi connectivity index (χ0n) is 12.8. The number of anilines is 1. The predicted octanol–water partition coefficient (Wildman–Crippen LogP) is 4.11. The zero-order chi connectivity index (χ0) is 15.4. The number of aromatic nitrogens is 1. The standard InChI is InChI=1S/C16H20N2O2S/c1-5-20-13-8-6-12(7-9-13)14-11(4)21-16(17-14)18-15(19)10(2)3/h6-10H,5H2,1-4H3,(H,17,18,19). The molecule has 0 unspecified atom stereocenters. The number of amides is 1. The lowest BCUT2D eigenvalue weighted by Crippen LogP contribution is -2.17. The van der Waals surface area contributed by atoms with Crippen LogP contribution in [0.2, 0.25) is 0 Å². The molecule has 0 aliphatic carbocycles. The molecule has 1 aromatic carbocycles. The number of aryl methyl sites for hydroxylation is 1. The molecule has 1 heterocycles. The summed E-state index contributed by atoms with van der Waals surface area (Å²) in [6.07, 6.45) is 0. The van der Waals surface area contributed by atoms with E-state index >= 15 is 0 Å². The number of rotatable bonds is 5. The fraction of sp³-hybridized carbons (Fsp3) is 0.375. The molecule has 0 aliphatic rings. The summed E-state index contributed by atoms with van der Waals surface area (Å²) in [6, 6.07) is 7.84. The van der Waals surface area contributed by atoms with Crippen LogP contribution in [-0.4, -0.2) is 17.5 Å². The highest BCUT2D eigenvalue weighted by Crippen LogP contribution is 2.31. The van der Waals surface area contributed by atoms with Gasteiger partial charge in [0.15, 0.2) is 5.13 Å². The molecule has 2 rings (SSSR count). The van der Waals surface area contributed by atoms with Crippen molar-refractivity contribution in [3.05, 3.63) is 29.1 Å². The van der Waals surface area contributed by atoms with Gasteiger partial charge in [-0.25, -0.2) is 4.98 Å². The van der Waals surface area contributed by atoms with Gasteiger partial charge in [-0.2, -0.15) is 0 Å². The van der Waals surface area contributed by atoms with Crippen molar-refractivity contribution in [1.29, 1.82) is 0 Å². The van der Waals surface area contributed by atoms with E-state index < -0.39 is 0 Å². The quantitative estimate of drug-likeness (QED) is 0.904. The first-order valence-electron chi connectivity index (χ1n) is 7.02. The molecule has 0 bridgehead atoms. The molecule has 0 aliphatic heterocycles. The van der Waals surface area contributed by atoms with Crippen LogP contribution in [0.4, 0.5) is 5.13 Å². The van der Waals surface area contributed by atoms with Crippen LogP contribution in [0.1, 0.15) is 25.6 Å². The lowest BCUT2D eigenvalue weighted by molar-refractivity contribution is -0.118. The van der Waals surface area contributed by atoms with E-state index in [4.69, 9.17) is 4.74 Å². The first kappa shape index (κ1) is 15.5. The van der Waals surface area contributed by atoms with Crippen molar-refractivity contribution in [1.82, 2.24) is 4.98 Å². The van der Waals surface area contributed by atoms with Gasteiger partial charge in [0.2, 0.25) is 5.91 Å². The van der Waals surface area contributed by atoms with E-state index in [-0.39, 0.29) is 11.8 Å². The maximum Gasteiger partial charge on any atom is 0.228 e. The number of thiazole rings is 1. The van der Waals surface area contributed by atoms with Crippen LogP contribution in [-0.2, 0) is 4.79 Å². The minimum atomic E-state index is -0.0527. The Balaban J connectivity index is 2.20. The fourth-order valence-corrected chi connectivity index (χ4v) is 2.68. The van der Waals surface area contributed by atoms with E-state index in [1.54, 1.807) is 0 Å². The lowest BCUT2D eigenvalue weighted by atomic mass is 10.1. The Bertz CT molecular complexity index is 618. The van der Waals surface area contributed by atoms with Crippen molar-refractivity contribution in [2.75, 3.05) is 11.9 Å². The average Bonchev–Trinajstić information content (AvgIpc) is 2.80. The van der Waals surface area contributed by atoms with Crippen LogP contribution in [0.15, 0.2) is 24.3 Å². The average molecular weight is 304 g/mol. The Morgan fingerprint density at radius 2 is 2.00 bits per heavy atom. The first-order valence-corrected chi connectivity index (χ1v) is 7.84. The van der Waals surface area contributed by atoms with Gasteiger partial charge in [0.05, 0.1) is 12.3 Å². The molecule has 1 N–H and O–H groups in total. The number of ether oxygens (including phenoxy) is 1. The van der Waals surface area contributed by atoms with Gasteiger partial charge < -0.3 is 10.1 Å². The van der Waals surface area contributed by atoms with Crippen LogP contribution >= 0.6 is 11.3 Å². The van der Waals surface area contributed by atoms with Gasteiger partial charge in [-0.05, 0) is 38.1 Å². The highest BCUT2D eigenvalue weighted by molar-refractivity contribution is 7.16. The Morgan fingerprint density at radius 3 is 2.57 bits per heavy atom. The van der Waals surface area contributed by atoms with E-state index in [9.17, 15) is 4.79 Å². The van der Waals surface area contributed by atoms with Crippen LogP contribution in [0.5, 0.6) is 5.75 Å². The van der Waals surface area contributed by atoms with Crippen molar-refractivity contribution in [3.63, 3.8) is 0 Å². The molecule has 1 aromatic heterocycles. The highest BCUT2D eigenvalue weighted by atomic mass is 32.1. The summed E-state index contributed by atoms with van der Waals surface area (Å²) in [6.45, 7) is 8.35. The molecule has 0 saturated heterocycles. The van der Waals surface area contributed by atoms with E-state index in [1.807, 2.05) is 52.0 Å². The summed E-state index contributed by atoms with van der Waals surface area (Å²) in [5.74, 6) is 0.785. The first-order chi connectivity index (χ1) is 10.0. The molecule has 0 fully saturated rings. The fourth-order valence-electron chi connectivity index (χ4n) is 1.84. The molecule has 112 valence electrons. The smallest absolute Gasteiger partial charge is 0.228 e. The zero-order valence-corrected chi connectivity index (χ0v) is 13.6. The second-order valence-corrected chi connectivity index (χ2v) is 6.23. The van der Waals surface area contributed by atoms with Gasteiger partial charge in [0, 0.05) is 16.4 Å². The largest absolute Gasteiger partial charge is 0.494 e. The number of carbonyl (C=O) groups excluding carboxylic acids is 1. The van der Waals surface area contributed by atoms with Crippen LogP contribution in [0.25, 0.3) is 11.3 Å². The van der Waals surface area contributed by atoms with Crippen molar-refractivity contribution in [2.24, 2.45) is 5.92 Å². The number of benzene rings is 1. The molecule has 0 radical (unpaired) electrons. The minimum Gasteiger partial charge on any atom is -0.494 e. The molecule has 0 saturated carbocycles.